The number of sulfonamides is 1. The quantitative estimate of drug-likeness (QED) is 0.561. The van der Waals surface area contributed by atoms with Gasteiger partial charge in [-0.3, -0.25) is 9.78 Å². The van der Waals surface area contributed by atoms with Gasteiger partial charge in [-0.05, 0) is 30.7 Å². The number of aromatic nitrogens is 3. The van der Waals surface area contributed by atoms with Crippen molar-refractivity contribution >= 4 is 33.2 Å². The zero-order chi connectivity index (χ0) is 23.1. The van der Waals surface area contributed by atoms with Gasteiger partial charge >= 0.3 is 5.69 Å². The highest BCUT2D eigenvalue weighted by atomic mass is 35.5. The van der Waals surface area contributed by atoms with Crippen LogP contribution in [0.5, 0.6) is 11.5 Å². The van der Waals surface area contributed by atoms with Crippen LogP contribution in [0.3, 0.4) is 0 Å². The summed E-state index contributed by atoms with van der Waals surface area (Å²) in [5.74, 6) is -0.0617. The molecule has 1 aromatic heterocycles. The molecule has 14 heteroatoms. The molecule has 0 amide bonds. The van der Waals surface area contributed by atoms with Gasteiger partial charge < -0.3 is 4.74 Å². The maximum absolute atomic E-state index is 12.9. The lowest BCUT2D eigenvalue weighted by molar-refractivity contribution is 0.141. The van der Waals surface area contributed by atoms with E-state index in [-0.39, 0.29) is 32.1 Å². The SMILES string of the molecule is Cc1ccc(Oc2c(Cl)cc(-n3nc(C(F)F)c(=O)[nH]c3=O)cc2Cl)cc1S(N)(=O)=O. The van der Waals surface area contributed by atoms with E-state index in [9.17, 15) is 26.8 Å². The van der Waals surface area contributed by atoms with E-state index in [0.717, 1.165) is 12.1 Å². The number of aryl methyl sites for hydroxylation is 1. The molecule has 0 radical (unpaired) electrons. The molecule has 0 aliphatic rings. The van der Waals surface area contributed by atoms with E-state index < -0.39 is 33.4 Å². The lowest BCUT2D eigenvalue weighted by atomic mass is 10.2. The third-order valence-corrected chi connectivity index (χ3v) is 5.59. The van der Waals surface area contributed by atoms with Crippen LogP contribution in [0.1, 0.15) is 17.7 Å². The van der Waals surface area contributed by atoms with Crippen LogP contribution in [-0.2, 0) is 10.0 Å². The topological polar surface area (TPSA) is 137 Å². The molecular formula is C17H12Cl2F2N4O5S. The molecule has 0 aliphatic heterocycles. The van der Waals surface area contributed by atoms with Crippen LogP contribution < -0.4 is 21.1 Å². The van der Waals surface area contributed by atoms with Crippen molar-refractivity contribution in [2.45, 2.75) is 18.2 Å². The summed E-state index contributed by atoms with van der Waals surface area (Å²) in [5, 5.41) is 8.22. The van der Waals surface area contributed by atoms with Gasteiger partial charge in [-0.1, -0.05) is 29.3 Å². The highest BCUT2D eigenvalue weighted by molar-refractivity contribution is 7.89. The molecule has 3 aromatic rings. The van der Waals surface area contributed by atoms with Gasteiger partial charge in [0.2, 0.25) is 10.0 Å². The fourth-order valence-corrected chi connectivity index (χ4v) is 3.91. The number of nitrogens with one attached hydrogen (secondary N) is 1. The van der Waals surface area contributed by atoms with E-state index in [0.29, 0.717) is 10.2 Å². The second-order valence-electron chi connectivity index (χ2n) is 6.17. The number of nitrogens with zero attached hydrogens (tertiary/aromatic N) is 2. The van der Waals surface area contributed by atoms with Crippen molar-refractivity contribution in [3.05, 3.63) is 72.5 Å². The van der Waals surface area contributed by atoms with Crippen LogP contribution >= 0.6 is 23.2 Å². The number of H-pyrrole nitrogens is 1. The number of hydrogen-bond acceptors (Lipinski definition) is 6. The number of alkyl halides is 2. The molecule has 0 saturated carbocycles. The average molecular weight is 493 g/mol. The predicted octanol–water partition coefficient (Wildman–Crippen LogP) is 2.91. The number of ether oxygens (including phenoxy) is 1. The smallest absolute Gasteiger partial charge is 0.349 e. The predicted molar refractivity (Wildman–Crippen MR) is 108 cm³/mol. The molecule has 3 N–H and O–H groups in total. The van der Waals surface area contributed by atoms with E-state index in [2.05, 4.69) is 5.10 Å². The number of primary sulfonamides is 1. The summed E-state index contributed by atoms with van der Waals surface area (Å²) in [6.07, 6.45) is -3.22. The van der Waals surface area contributed by atoms with Crippen LogP contribution in [0.25, 0.3) is 5.69 Å². The van der Waals surface area contributed by atoms with Crippen molar-refractivity contribution in [3.63, 3.8) is 0 Å². The van der Waals surface area contributed by atoms with Crippen molar-refractivity contribution in [1.82, 2.24) is 14.8 Å². The lowest BCUT2D eigenvalue weighted by Gasteiger charge is -2.13. The van der Waals surface area contributed by atoms with Gasteiger partial charge in [0.05, 0.1) is 20.6 Å². The van der Waals surface area contributed by atoms with Crippen molar-refractivity contribution in [1.29, 1.82) is 0 Å². The first-order valence-electron chi connectivity index (χ1n) is 8.21. The van der Waals surface area contributed by atoms with Crippen LogP contribution in [0.15, 0.2) is 44.8 Å². The molecule has 2 aromatic carbocycles. The van der Waals surface area contributed by atoms with Gasteiger partial charge in [0.25, 0.3) is 12.0 Å². The number of benzene rings is 2. The monoisotopic (exact) mass is 492 g/mol. The Morgan fingerprint density at radius 1 is 1.16 bits per heavy atom. The van der Waals surface area contributed by atoms with Gasteiger partial charge in [0.1, 0.15) is 5.75 Å². The number of hydrogen-bond donors (Lipinski definition) is 2. The molecule has 0 fully saturated rings. The minimum absolute atomic E-state index is 0.0468. The fourth-order valence-electron chi connectivity index (χ4n) is 2.56. The lowest BCUT2D eigenvalue weighted by Crippen LogP contribution is -2.34. The average Bonchev–Trinajstić information content (AvgIpc) is 2.64. The molecule has 0 unspecified atom stereocenters. The van der Waals surface area contributed by atoms with Gasteiger partial charge in [0.15, 0.2) is 11.4 Å². The summed E-state index contributed by atoms with van der Waals surface area (Å²) in [5.41, 5.74) is -3.31. The minimum Gasteiger partial charge on any atom is -0.454 e. The van der Waals surface area contributed by atoms with Crippen LogP contribution in [0.4, 0.5) is 8.78 Å². The molecule has 0 saturated heterocycles. The molecular weight excluding hydrogens is 481 g/mol. The summed E-state index contributed by atoms with van der Waals surface area (Å²) in [4.78, 5) is 25.0. The second-order valence-corrected chi connectivity index (χ2v) is 8.51. The molecule has 9 nitrogen and oxygen atoms in total. The zero-order valence-electron chi connectivity index (χ0n) is 15.4. The van der Waals surface area contributed by atoms with Crippen molar-refractivity contribution in [2.75, 3.05) is 0 Å². The number of halogens is 4. The highest BCUT2D eigenvalue weighted by Crippen LogP contribution is 2.38. The Bertz CT molecular complexity index is 1380. The Labute approximate surface area is 183 Å². The summed E-state index contributed by atoms with van der Waals surface area (Å²) >= 11 is 12.3. The highest BCUT2D eigenvalue weighted by Gasteiger charge is 2.20. The molecule has 1 heterocycles. The molecule has 0 aliphatic carbocycles. The Morgan fingerprint density at radius 2 is 1.77 bits per heavy atom. The maximum atomic E-state index is 12.9. The Kier molecular flexibility index (Phi) is 6.18. The fraction of sp³-hybridized carbons (Fsp3) is 0.118. The normalized spacial score (nSPS) is 11.7. The summed E-state index contributed by atoms with van der Waals surface area (Å²) in [7, 11) is -4.01. The first kappa shape index (κ1) is 22.9. The molecule has 31 heavy (non-hydrogen) atoms. The van der Waals surface area contributed by atoms with Crippen molar-refractivity contribution < 1.29 is 21.9 Å². The molecule has 0 atom stereocenters. The van der Waals surface area contributed by atoms with Crippen LogP contribution in [-0.4, -0.2) is 23.2 Å². The van der Waals surface area contributed by atoms with Crippen molar-refractivity contribution in [2.24, 2.45) is 5.14 Å². The van der Waals surface area contributed by atoms with Gasteiger partial charge in [-0.15, -0.1) is 0 Å². The first-order chi connectivity index (χ1) is 14.4. The minimum atomic E-state index is -4.01. The summed E-state index contributed by atoms with van der Waals surface area (Å²) in [6, 6.07) is 6.36. The molecule has 0 spiro atoms. The van der Waals surface area contributed by atoms with Crippen LogP contribution in [0, 0.1) is 6.92 Å². The number of nitrogens with two attached hydrogens (primary N) is 1. The standard InChI is InChI=1S/C17H12Cl2F2N4O5S/c1-7-2-3-9(6-12(7)31(22,28)29)30-14-10(18)4-8(5-11(14)19)25-17(27)23-16(26)13(24-25)15(20)21/h2-6,15H,1H3,(H2,22,28,29)(H,23,26,27). The second kappa shape index (κ2) is 8.38. The maximum Gasteiger partial charge on any atom is 0.349 e. The third-order valence-electron chi connectivity index (χ3n) is 3.97. The molecule has 164 valence electrons. The molecule has 3 rings (SSSR count). The first-order valence-corrected chi connectivity index (χ1v) is 10.5. The Balaban J connectivity index is 2.06. The Morgan fingerprint density at radius 3 is 2.32 bits per heavy atom. The van der Waals surface area contributed by atoms with Crippen molar-refractivity contribution in [3.8, 4) is 17.2 Å². The zero-order valence-corrected chi connectivity index (χ0v) is 17.7. The van der Waals surface area contributed by atoms with Crippen LogP contribution in [0.2, 0.25) is 10.0 Å². The number of aromatic amines is 1. The summed E-state index contributed by atoms with van der Waals surface area (Å²) < 4.78 is 55.3. The Hall–Kier alpha value is -2.80. The largest absolute Gasteiger partial charge is 0.454 e. The third kappa shape index (κ3) is 4.77. The van der Waals surface area contributed by atoms with Gasteiger partial charge in [-0.25, -0.2) is 27.1 Å². The van der Waals surface area contributed by atoms with Gasteiger partial charge in [0, 0.05) is 6.07 Å². The van der Waals surface area contributed by atoms with E-state index >= 15 is 0 Å². The summed E-state index contributed by atoms with van der Waals surface area (Å²) in [6.45, 7) is 1.54. The van der Waals surface area contributed by atoms with Gasteiger partial charge in [-0.2, -0.15) is 9.78 Å². The van der Waals surface area contributed by atoms with E-state index in [1.54, 1.807) is 11.9 Å². The number of rotatable bonds is 5. The molecule has 0 bridgehead atoms. The van der Waals surface area contributed by atoms with E-state index in [1.165, 1.54) is 18.2 Å². The van der Waals surface area contributed by atoms with E-state index in [1.807, 2.05) is 0 Å². The van der Waals surface area contributed by atoms with E-state index in [4.69, 9.17) is 33.1 Å².